The number of nitrogens with two attached hydrogens (primary N) is 1. The van der Waals surface area contributed by atoms with Gasteiger partial charge in [-0.2, -0.15) is 5.10 Å². The van der Waals surface area contributed by atoms with Crippen LogP contribution >= 0.6 is 0 Å². The number of hydrogen-bond acceptors (Lipinski definition) is 6. The number of aromatic nitrogens is 4. The summed E-state index contributed by atoms with van der Waals surface area (Å²) in [6, 6.07) is 17.9. The number of nitrogens with zero attached hydrogens (tertiary/aromatic N) is 4. The normalized spacial score (nSPS) is 17.6. The molecule has 6 rings (SSSR count). The van der Waals surface area contributed by atoms with Gasteiger partial charge in [-0.05, 0) is 68.0 Å². The summed E-state index contributed by atoms with van der Waals surface area (Å²) >= 11 is 0. The van der Waals surface area contributed by atoms with E-state index in [0.29, 0.717) is 11.3 Å². The molecule has 1 amide bonds. The molecule has 8 heteroatoms. The first-order valence-corrected chi connectivity index (χ1v) is 13.5. The minimum absolute atomic E-state index is 0.154. The summed E-state index contributed by atoms with van der Waals surface area (Å²) in [5.74, 6) is -0.329. The number of aliphatic hydroxyl groups excluding tert-OH is 1. The predicted octanol–water partition coefficient (Wildman–Crippen LogP) is 5.57. The number of amides is 1. The van der Waals surface area contributed by atoms with E-state index in [1.165, 1.54) is 0 Å². The van der Waals surface area contributed by atoms with Crippen LogP contribution in [0.1, 0.15) is 61.5 Å². The quantitative estimate of drug-likeness (QED) is 0.269. The maximum Gasteiger partial charge on any atom is 0.250 e. The molecule has 0 atom stereocenters. The second-order valence-electron chi connectivity index (χ2n) is 10.7. The van der Waals surface area contributed by atoms with Crippen molar-refractivity contribution in [3.63, 3.8) is 0 Å². The zero-order valence-corrected chi connectivity index (χ0v) is 22.1. The van der Waals surface area contributed by atoms with Crippen molar-refractivity contribution in [1.82, 2.24) is 19.7 Å². The lowest BCUT2D eigenvalue weighted by atomic mass is 9.92. The molecule has 39 heavy (non-hydrogen) atoms. The Kier molecular flexibility index (Phi) is 6.48. The number of aliphatic hydroxyl groups is 1. The minimum atomic E-state index is -0.483. The van der Waals surface area contributed by atoms with Crippen molar-refractivity contribution in [3.05, 3.63) is 78.2 Å². The molecule has 8 nitrogen and oxygen atoms in total. The number of anilines is 1. The molecule has 1 aliphatic carbocycles. The molecule has 198 valence electrons. The molecule has 1 fully saturated rings. The second kappa shape index (κ2) is 10.1. The highest BCUT2D eigenvalue weighted by Gasteiger charge is 2.23. The lowest BCUT2D eigenvalue weighted by Gasteiger charge is -2.27. The predicted molar refractivity (Wildman–Crippen MR) is 154 cm³/mol. The molecule has 4 N–H and O–H groups in total. The molecule has 0 radical (unpaired) electrons. The Morgan fingerprint density at radius 3 is 2.62 bits per heavy atom. The Bertz CT molecular complexity index is 1680. The largest absolute Gasteiger partial charge is 0.393 e. The van der Waals surface area contributed by atoms with Crippen LogP contribution in [0.5, 0.6) is 0 Å². The molecular weight excluding hydrogens is 488 g/mol. The van der Waals surface area contributed by atoms with Crippen LogP contribution in [0.2, 0.25) is 0 Å². The number of para-hydroxylation sites is 1. The van der Waals surface area contributed by atoms with Crippen LogP contribution in [0, 0.1) is 0 Å². The lowest BCUT2D eigenvalue weighted by molar-refractivity contribution is 0.100. The number of primary amides is 1. The number of benzene rings is 2. The molecule has 0 bridgehead atoms. The highest BCUT2D eigenvalue weighted by Crippen LogP contribution is 2.35. The molecular formula is C31H32N6O2. The van der Waals surface area contributed by atoms with E-state index in [0.717, 1.165) is 70.1 Å². The molecule has 1 saturated carbocycles. The van der Waals surface area contributed by atoms with Crippen LogP contribution in [0.3, 0.4) is 0 Å². The number of rotatable bonds is 6. The number of hydrogen-bond donors (Lipinski definition) is 3. The Morgan fingerprint density at radius 2 is 1.85 bits per heavy atom. The smallest absolute Gasteiger partial charge is 0.250 e. The van der Waals surface area contributed by atoms with Crippen molar-refractivity contribution in [1.29, 1.82) is 0 Å². The van der Waals surface area contributed by atoms with Gasteiger partial charge in [0.15, 0.2) is 0 Å². The summed E-state index contributed by atoms with van der Waals surface area (Å²) in [6.45, 7) is 4.25. The van der Waals surface area contributed by atoms with E-state index in [-0.39, 0.29) is 18.1 Å². The zero-order chi connectivity index (χ0) is 27.1. The van der Waals surface area contributed by atoms with Gasteiger partial charge in [-0.1, -0.05) is 32.0 Å². The van der Waals surface area contributed by atoms with E-state index in [1.807, 2.05) is 47.3 Å². The lowest BCUT2D eigenvalue weighted by Crippen LogP contribution is -2.29. The standard InChI is InChI=1S/C31H32N6O2/c1-18(2)29-28-27(13-14-33-30(28)20-15-19-5-3-4-6-25(19)34-17-20)37(36-29)22-9-12-24(31(32)39)26(16-22)35-21-7-10-23(38)11-8-21/h3-6,9,12-18,21,23,35,38H,7-8,10-11H2,1-2H3,(H2,32,39)/t21-,23-. The molecule has 0 aliphatic heterocycles. The van der Waals surface area contributed by atoms with Gasteiger partial charge in [-0.15, -0.1) is 0 Å². The third kappa shape index (κ3) is 4.72. The van der Waals surface area contributed by atoms with Gasteiger partial charge in [0.25, 0.3) is 5.91 Å². The van der Waals surface area contributed by atoms with Crippen LogP contribution in [0.15, 0.2) is 67.0 Å². The monoisotopic (exact) mass is 520 g/mol. The van der Waals surface area contributed by atoms with Crippen LogP contribution in [0.4, 0.5) is 5.69 Å². The van der Waals surface area contributed by atoms with Gasteiger partial charge < -0.3 is 16.2 Å². The van der Waals surface area contributed by atoms with Crippen molar-refractivity contribution >= 4 is 33.4 Å². The summed E-state index contributed by atoms with van der Waals surface area (Å²) in [6.07, 6.45) is 6.57. The van der Waals surface area contributed by atoms with Crippen LogP contribution in [0.25, 0.3) is 38.8 Å². The SMILES string of the molecule is CC(C)c1nn(-c2ccc(C(N)=O)c(N[C@H]3CC[C@H](O)CC3)c2)c2ccnc(-c3cnc4ccccc4c3)c12. The Balaban J connectivity index is 1.48. The second-order valence-corrected chi connectivity index (χ2v) is 10.7. The molecule has 2 aromatic carbocycles. The van der Waals surface area contributed by atoms with Crippen molar-refractivity contribution in [2.75, 3.05) is 5.32 Å². The number of fused-ring (bicyclic) bond motifs is 2. The highest BCUT2D eigenvalue weighted by atomic mass is 16.3. The minimum Gasteiger partial charge on any atom is -0.393 e. The van der Waals surface area contributed by atoms with E-state index in [2.05, 4.69) is 36.3 Å². The Morgan fingerprint density at radius 1 is 1.05 bits per heavy atom. The number of pyridine rings is 2. The number of carbonyl (C=O) groups excluding carboxylic acids is 1. The fourth-order valence-electron chi connectivity index (χ4n) is 5.55. The van der Waals surface area contributed by atoms with E-state index in [9.17, 15) is 9.90 Å². The fourth-order valence-corrected chi connectivity index (χ4v) is 5.55. The maximum atomic E-state index is 12.3. The van der Waals surface area contributed by atoms with Gasteiger partial charge in [-0.3, -0.25) is 14.8 Å². The fraction of sp³-hybridized carbons (Fsp3) is 0.290. The number of carbonyl (C=O) groups is 1. The van der Waals surface area contributed by atoms with Gasteiger partial charge >= 0.3 is 0 Å². The van der Waals surface area contributed by atoms with Crippen molar-refractivity contribution < 1.29 is 9.90 Å². The average Bonchev–Trinajstić information content (AvgIpc) is 3.34. The summed E-state index contributed by atoms with van der Waals surface area (Å²) < 4.78 is 1.92. The van der Waals surface area contributed by atoms with Crippen LogP contribution < -0.4 is 11.1 Å². The first-order chi connectivity index (χ1) is 18.9. The van der Waals surface area contributed by atoms with E-state index < -0.39 is 5.91 Å². The zero-order valence-electron chi connectivity index (χ0n) is 22.1. The molecule has 0 spiro atoms. The Hall–Kier alpha value is -4.30. The summed E-state index contributed by atoms with van der Waals surface area (Å²) in [7, 11) is 0. The van der Waals surface area contributed by atoms with Crippen molar-refractivity contribution in [3.8, 4) is 16.9 Å². The first-order valence-electron chi connectivity index (χ1n) is 13.5. The number of nitrogens with one attached hydrogen (secondary N) is 1. The van der Waals surface area contributed by atoms with Crippen molar-refractivity contribution in [2.24, 2.45) is 5.73 Å². The van der Waals surface area contributed by atoms with Gasteiger partial charge in [-0.25, -0.2) is 4.68 Å². The summed E-state index contributed by atoms with van der Waals surface area (Å²) in [4.78, 5) is 21.7. The van der Waals surface area contributed by atoms with Crippen molar-refractivity contribution in [2.45, 2.75) is 57.6 Å². The molecule has 3 aromatic heterocycles. The van der Waals surface area contributed by atoms with Gasteiger partial charge in [0.1, 0.15) is 0 Å². The van der Waals surface area contributed by atoms with Gasteiger partial charge in [0, 0.05) is 35.1 Å². The van der Waals surface area contributed by atoms with E-state index in [4.69, 9.17) is 15.8 Å². The van der Waals surface area contributed by atoms with Gasteiger partial charge in [0.05, 0.1) is 45.2 Å². The Labute approximate surface area is 226 Å². The third-order valence-electron chi connectivity index (χ3n) is 7.60. The highest BCUT2D eigenvalue weighted by molar-refractivity contribution is 6.00. The molecule has 0 unspecified atom stereocenters. The molecule has 1 aliphatic rings. The van der Waals surface area contributed by atoms with E-state index in [1.54, 1.807) is 12.3 Å². The third-order valence-corrected chi connectivity index (χ3v) is 7.60. The van der Waals surface area contributed by atoms with Crippen LogP contribution in [-0.2, 0) is 0 Å². The maximum absolute atomic E-state index is 12.3. The summed E-state index contributed by atoms with van der Waals surface area (Å²) in [5, 5.41) is 20.5. The molecule has 5 aromatic rings. The van der Waals surface area contributed by atoms with Gasteiger partial charge in [0.2, 0.25) is 0 Å². The topological polar surface area (TPSA) is 119 Å². The molecule has 0 saturated heterocycles. The average molecular weight is 521 g/mol. The van der Waals surface area contributed by atoms with Crippen LogP contribution in [-0.4, -0.2) is 42.9 Å². The molecule has 3 heterocycles. The van der Waals surface area contributed by atoms with E-state index >= 15 is 0 Å². The summed E-state index contributed by atoms with van der Waals surface area (Å²) in [5.41, 5.74) is 12.3. The first kappa shape index (κ1) is 25.0.